The van der Waals surface area contributed by atoms with Crippen molar-refractivity contribution in [2.45, 2.75) is 25.8 Å². The smallest absolute Gasteiger partial charge is 0.267 e. The molecule has 1 aromatic carbocycles. The van der Waals surface area contributed by atoms with Crippen molar-refractivity contribution in [3.05, 3.63) is 62.3 Å². The summed E-state index contributed by atoms with van der Waals surface area (Å²) in [7, 11) is 0. The van der Waals surface area contributed by atoms with Gasteiger partial charge in [0.25, 0.3) is 11.8 Å². The fourth-order valence-electron chi connectivity index (χ4n) is 3.32. The van der Waals surface area contributed by atoms with Crippen LogP contribution >= 0.6 is 39.1 Å². The van der Waals surface area contributed by atoms with E-state index in [9.17, 15) is 9.59 Å². The second-order valence-electron chi connectivity index (χ2n) is 7.53. The lowest BCUT2D eigenvalue weighted by Crippen LogP contribution is -2.34. The average Bonchev–Trinajstić information content (AvgIpc) is 3.50. The van der Waals surface area contributed by atoms with Gasteiger partial charge in [-0.2, -0.15) is 0 Å². The van der Waals surface area contributed by atoms with E-state index in [4.69, 9.17) is 28.9 Å². The van der Waals surface area contributed by atoms with E-state index < -0.39 is 5.91 Å². The number of amides is 2. The van der Waals surface area contributed by atoms with Crippen LogP contribution in [-0.4, -0.2) is 32.6 Å². The quantitative estimate of drug-likeness (QED) is 0.404. The number of rotatable bonds is 7. The van der Waals surface area contributed by atoms with Crippen LogP contribution in [-0.2, 0) is 0 Å². The lowest BCUT2D eigenvalue weighted by atomic mass is 10.1. The van der Waals surface area contributed by atoms with Crippen molar-refractivity contribution < 1.29 is 9.59 Å². The number of nitrogens with zero attached hydrogens (tertiary/aromatic N) is 3. The third-order valence-corrected chi connectivity index (χ3v) is 6.28. The summed E-state index contributed by atoms with van der Waals surface area (Å²) in [5.41, 5.74) is 6.39. The molecule has 3 aromatic rings. The Kier molecular flexibility index (Phi) is 6.41. The molecule has 166 valence electrons. The molecule has 32 heavy (non-hydrogen) atoms. The minimum Gasteiger partial charge on any atom is -0.364 e. The van der Waals surface area contributed by atoms with Gasteiger partial charge in [0, 0.05) is 27.8 Å². The lowest BCUT2D eigenvalue weighted by molar-refractivity contribution is 0.0935. The highest BCUT2D eigenvalue weighted by atomic mass is 79.9. The van der Waals surface area contributed by atoms with Crippen LogP contribution in [0.25, 0.3) is 5.82 Å². The fourth-order valence-corrected chi connectivity index (χ4v) is 4.43. The molecule has 1 atom stereocenters. The lowest BCUT2D eigenvalue weighted by Gasteiger charge is -2.17. The molecule has 0 bridgehead atoms. The van der Waals surface area contributed by atoms with Crippen LogP contribution in [0.15, 0.2) is 41.0 Å². The molecule has 0 radical (unpaired) electrons. The highest BCUT2D eigenvalue weighted by molar-refractivity contribution is 9.10. The van der Waals surface area contributed by atoms with Crippen molar-refractivity contribution in [1.82, 2.24) is 20.1 Å². The minimum absolute atomic E-state index is 0.0556. The van der Waals surface area contributed by atoms with Crippen molar-refractivity contribution in [3.8, 4) is 5.82 Å². The zero-order valence-corrected chi connectivity index (χ0v) is 20.0. The van der Waals surface area contributed by atoms with Crippen molar-refractivity contribution in [1.29, 1.82) is 0 Å². The van der Waals surface area contributed by atoms with Crippen LogP contribution in [0.2, 0.25) is 10.0 Å². The van der Waals surface area contributed by atoms with Crippen molar-refractivity contribution in [2.24, 2.45) is 11.7 Å². The van der Waals surface area contributed by atoms with Crippen LogP contribution < -0.4 is 16.4 Å². The van der Waals surface area contributed by atoms with E-state index >= 15 is 0 Å². The zero-order valence-electron chi connectivity index (χ0n) is 16.9. The summed E-state index contributed by atoms with van der Waals surface area (Å²) in [6.07, 6.45) is 3.74. The van der Waals surface area contributed by atoms with Gasteiger partial charge in [-0.25, -0.2) is 9.67 Å². The summed E-state index contributed by atoms with van der Waals surface area (Å²) >= 11 is 15.9. The summed E-state index contributed by atoms with van der Waals surface area (Å²) < 4.78 is 1.81. The van der Waals surface area contributed by atoms with E-state index in [1.807, 2.05) is 6.92 Å². The molecule has 1 saturated carbocycles. The number of hydrogen-bond donors (Lipinski definition) is 3. The Balaban J connectivity index is 1.71. The molecular weight excluding hydrogens is 519 g/mol. The number of carbonyl (C=O) groups is 2. The standard InChI is InChI=1S/C21H19BrCl2N6O2/c1-10(11-4-5-11)27-21(32)13-7-12(23)8-14(22)18(13)28-17-9-16(19(25)31)30(29-17)20-15(24)3-2-6-26-20/h2-3,6-11H,4-5H2,1H3,(H2,25,31)(H,27,32)(H,28,29). The van der Waals surface area contributed by atoms with E-state index in [1.165, 1.54) is 16.9 Å². The molecule has 1 fully saturated rings. The number of hydrogen-bond acceptors (Lipinski definition) is 5. The van der Waals surface area contributed by atoms with Gasteiger partial charge in [0.05, 0.1) is 16.3 Å². The molecule has 1 aliphatic carbocycles. The van der Waals surface area contributed by atoms with Crippen LogP contribution in [0, 0.1) is 5.92 Å². The predicted molar refractivity (Wildman–Crippen MR) is 127 cm³/mol. The normalized spacial score (nSPS) is 14.1. The summed E-state index contributed by atoms with van der Waals surface area (Å²) in [5.74, 6) is 0.0428. The molecule has 2 heterocycles. The maximum Gasteiger partial charge on any atom is 0.267 e. The van der Waals surface area contributed by atoms with E-state index in [2.05, 4.69) is 36.6 Å². The Labute approximate surface area is 202 Å². The number of benzene rings is 1. The van der Waals surface area contributed by atoms with E-state index in [-0.39, 0.29) is 29.3 Å². The highest BCUT2D eigenvalue weighted by Crippen LogP contribution is 2.35. The van der Waals surface area contributed by atoms with Gasteiger partial charge in [0.1, 0.15) is 5.69 Å². The maximum absolute atomic E-state index is 13.0. The van der Waals surface area contributed by atoms with Crippen LogP contribution in [0.5, 0.6) is 0 Å². The number of aromatic nitrogens is 3. The third kappa shape index (κ3) is 4.74. The first kappa shape index (κ1) is 22.6. The van der Waals surface area contributed by atoms with Crippen LogP contribution in [0.1, 0.15) is 40.6 Å². The van der Waals surface area contributed by atoms with Gasteiger partial charge in [0.15, 0.2) is 11.6 Å². The molecule has 4 rings (SSSR count). The van der Waals surface area contributed by atoms with Gasteiger partial charge in [-0.15, -0.1) is 5.10 Å². The largest absolute Gasteiger partial charge is 0.364 e. The number of carbonyl (C=O) groups excluding carboxylic acids is 2. The Bertz CT molecular complexity index is 1210. The van der Waals surface area contributed by atoms with E-state index in [0.717, 1.165) is 12.8 Å². The van der Waals surface area contributed by atoms with Gasteiger partial charge in [-0.3, -0.25) is 9.59 Å². The first-order valence-electron chi connectivity index (χ1n) is 9.82. The van der Waals surface area contributed by atoms with Crippen molar-refractivity contribution in [2.75, 3.05) is 5.32 Å². The number of pyridine rings is 1. The van der Waals surface area contributed by atoms with Crippen LogP contribution in [0.3, 0.4) is 0 Å². The van der Waals surface area contributed by atoms with Gasteiger partial charge in [0.2, 0.25) is 0 Å². The maximum atomic E-state index is 13.0. The third-order valence-electron chi connectivity index (χ3n) is 5.14. The van der Waals surface area contributed by atoms with Crippen molar-refractivity contribution in [3.63, 3.8) is 0 Å². The second-order valence-corrected chi connectivity index (χ2v) is 9.23. The second kappa shape index (κ2) is 9.09. The summed E-state index contributed by atoms with van der Waals surface area (Å²) in [4.78, 5) is 29.2. The van der Waals surface area contributed by atoms with Gasteiger partial charge in [-0.05, 0) is 65.9 Å². The number of halogens is 3. The van der Waals surface area contributed by atoms with Crippen molar-refractivity contribution >= 4 is 62.5 Å². The summed E-state index contributed by atoms with van der Waals surface area (Å²) in [6, 6.07) is 8.04. The Hall–Kier alpha value is -2.62. The highest BCUT2D eigenvalue weighted by Gasteiger charge is 2.30. The first-order chi connectivity index (χ1) is 15.2. The van der Waals surface area contributed by atoms with E-state index in [0.29, 0.717) is 31.7 Å². The molecule has 1 unspecified atom stereocenters. The number of primary amides is 1. The summed E-state index contributed by atoms with van der Waals surface area (Å²) in [5, 5.41) is 11.2. The Morgan fingerprint density at radius 3 is 2.69 bits per heavy atom. The molecule has 0 aliphatic heterocycles. The summed E-state index contributed by atoms with van der Waals surface area (Å²) in [6.45, 7) is 1.99. The zero-order chi connectivity index (χ0) is 23.0. The minimum atomic E-state index is -0.710. The first-order valence-corrected chi connectivity index (χ1v) is 11.4. The van der Waals surface area contributed by atoms with Crippen LogP contribution in [0.4, 0.5) is 11.5 Å². The molecule has 11 heteroatoms. The predicted octanol–water partition coefficient (Wildman–Crippen LogP) is 4.71. The number of nitrogens with one attached hydrogen (secondary N) is 2. The molecule has 1 aliphatic rings. The molecular formula is C21H19BrCl2N6O2. The molecule has 4 N–H and O–H groups in total. The monoisotopic (exact) mass is 536 g/mol. The fraction of sp³-hybridized carbons (Fsp3) is 0.238. The topological polar surface area (TPSA) is 115 Å². The van der Waals surface area contributed by atoms with E-state index in [1.54, 1.807) is 24.3 Å². The molecule has 2 aromatic heterocycles. The molecule has 2 amide bonds. The molecule has 8 nitrogen and oxygen atoms in total. The SMILES string of the molecule is CC(NC(=O)c1cc(Cl)cc(Br)c1Nc1cc(C(N)=O)n(-c2ncccc2Cl)n1)C1CC1. The average molecular weight is 538 g/mol. The molecule has 0 saturated heterocycles. The van der Waals surface area contributed by atoms with Gasteiger partial charge >= 0.3 is 0 Å². The Morgan fingerprint density at radius 1 is 1.28 bits per heavy atom. The molecule has 0 spiro atoms. The van der Waals surface area contributed by atoms with Gasteiger partial charge in [-0.1, -0.05) is 23.2 Å². The Morgan fingerprint density at radius 2 is 2.03 bits per heavy atom. The number of nitrogens with two attached hydrogens (primary N) is 1. The van der Waals surface area contributed by atoms with Gasteiger partial charge < -0.3 is 16.4 Å². The number of anilines is 2.